The maximum atomic E-state index is 11.4. The van der Waals surface area contributed by atoms with E-state index >= 15 is 0 Å². The number of nitrogens with two attached hydrogens (primary N) is 1. The molecule has 0 aliphatic rings. The maximum absolute atomic E-state index is 11.4. The average Bonchev–Trinajstić information content (AvgIpc) is 2.53. The smallest absolute Gasteiger partial charge is 0.360 e. The molecule has 0 saturated heterocycles. The van der Waals surface area contributed by atoms with Crippen LogP contribution in [0, 0.1) is 19.3 Å². The van der Waals surface area contributed by atoms with Gasteiger partial charge in [-0.3, -0.25) is 0 Å². The highest BCUT2D eigenvalue weighted by Gasteiger charge is 2.21. The number of carbonyl (C=O) groups excluding carboxylic acids is 1. The molecule has 2 N–H and O–H groups in total. The van der Waals surface area contributed by atoms with Crippen LogP contribution in [0.5, 0.6) is 0 Å². The molecule has 16 heavy (non-hydrogen) atoms. The average molecular weight is 221 g/mol. The van der Waals surface area contributed by atoms with Gasteiger partial charge in [0.25, 0.3) is 0 Å². The number of hydrogen-bond acceptors (Lipinski definition) is 4. The van der Waals surface area contributed by atoms with Crippen molar-refractivity contribution < 1.29 is 9.53 Å². The Labute approximate surface area is 94.6 Å². The highest BCUT2D eigenvalue weighted by Crippen LogP contribution is 2.22. The highest BCUT2D eigenvalue weighted by molar-refractivity contribution is 5.92. The first-order valence-corrected chi connectivity index (χ1v) is 4.89. The van der Waals surface area contributed by atoms with Crippen LogP contribution in [0.2, 0.25) is 0 Å². The van der Waals surface area contributed by atoms with Crippen molar-refractivity contribution in [1.82, 2.24) is 9.55 Å². The van der Waals surface area contributed by atoms with Gasteiger partial charge in [-0.05, 0) is 13.8 Å². The van der Waals surface area contributed by atoms with E-state index in [-0.39, 0.29) is 11.7 Å². The number of imidazole rings is 1. The lowest BCUT2D eigenvalue weighted by Gasteiger charge is -2.13. The maximum Gasteiger partial charge on any atom is 0.360 e. The molecule has 1 aromatic rings. The van der Waals surface area contributed by atoms with E-state index in [1.54, 1.807) is 11.5 Å². The number of methoxy groups -OCH3 is 1. The molecule has 0 spiro atoms. The fourth-order valence-corrected chi connectivity index (χ4v) is 1.63. The van der Waals surface area contributed by atoms with Crippen LogP contribution in [0.25, 0.3) is 0 Å². The summed E-state index contributed by atoms with van der Waals surface area (Å²) < 4.78 is 6.33. The molecule has 0 aliphatic heterocycles. The Bertz CT molecular complexity index is 443. The molecule has 1 aromatic heterocycles. The summed E-state index contributed by atoms with van der Waals surface area (Å²) in [6.07, 6.45) is 5.77. The summed E-state index contributed by atoms with van der Waals surface area (Å²) >= 11 is 0. The zero-order valence-corrected chi connectivity index (χ0v) is 9.65. The van der Waals surface area contributed by atoms with Gasteiger partial charge in [-0.2, -0.15) is 0 Å². The number of esters is 1. The van der Waals surface area contributed by atoms with Gasteiger partial charge in [0, 0.05) is 12.5 Å². The van der Waals surface area contributed by atoms with E-state index in [2.05, 4.69) is 15.6 Å². The molecular weight excluding hydrogens is 206 g/mol. The third-order valence-electron chi connectivity index (χ3n) is 2.36. The number of anilines is 1. The molecule has 0 aromatic carbocycles. The van der Waals surface area contributed by atoms with Gasteiger partial charge in [0.2, 0.25) is 0 Å². The third-order valence-corrected chi connectivity index (χ3v) is 2.36. The van der Waals surface area contributed by atoms with Gasteiger partial charge >= 0.3 is 5.97 Å². The Hall–Kier alpha value is -1.96. The second-order valence-corrected chi connectivity index (χ2v) is 3.51. The molecule has 0 saturated carbocycles. The first kappa shape index (κ1) is 12.1. The molecule has 1 atom stereocenters. The molecular formula is C11H15N3O2. The number of hydrogen-bond donors (Lipinski definition) is 1. The molecule has 0 radical (unpaired) electrons. The van der Waals surface area contributed by atoms with Crippen molar-refractivity contribution in [3.8, 4) is 12.3 Å². The normalized spacial score (nSPS) is 11.9. The number of terminal acetylenes is 1. The number of rotatable bonds is 3. The zero-order valence-electron chi connectivity index (χ0n) is 9.65. The number of nitrogens with zero attached hydrogens (tertiary/aromatic N) is 2. The molecule has 0 bridgehead atoms. The summed E-state index contributed by atoms with van der Waals surface area (Å²) in [4.78, 5) is 15.4. The predicted octanol–water partition coefficient (Wildman–Crippen LogP) is 1.14. The van der Waals surface area contributed by atoms with Gasteiger partial charge in [0.05, 0.1) is 7.11 Å². The Kier molecular flexibility index (Phi) is 3.56. The molecule has 0 fully saturated rings. The summed E-state index contributed by atoms with van der Waals surface area (Å²) in [5.41, 5.74) is 5.99. The van der Waals surface area contributed by atoms with E-state index in [9.17, 15) is 4.79 Å². The van der Waals surface area contributed by atoms with Crippen molar-refractivity contribution in [2.45, 2.75) is 26.3 Å². The van der Waals surface area contributed by atoms with Crippen molar-refractivity contribution in [2.24, 2.45) is 0 Å². The van der Waals surface area contributed by atoms with Crippen molar-refractivity contribution in [3.05, 3.63) is 11.5 Å². The fraction of sp³-hybridized carbons (Fsp3) is 0.455. The first-order valence-electron chi connectivity index (χ1n) is 4.89. The second kappa shape index (κ2) is 4.71. The minimum Gasteiger partial charge on any atom is -0.464 e. The van der Waals surface area contributed by atoms with Crippen LogP contribution in [0.15, 0.2) is 0 Å². The molecule has 5 heteroatoms. The Morgan fingerprint density at radius 2 is 2.38 bits per heavy atom. The Morgan fingerprint density at radius 3 is 2.88 bits per heavy atom. The third kappa shape index (κ3) is 2.01. The van der Waals surface area contributed by atoms with Gasteiger partial charge in [0.1, 0.15) is 11.6 Å². The van der Waals surface area contributed by atoms with Crippen LogP contribution in [0.4, 0.5) is 5.82 Å². The molecule has 5 nitrogen and oxygen atoms in total. The summed E-state index contributed by atoms with van der Waals surface area (Å²) in [6.45, 7) is 3.70. The Balaban J connectivity index is 3.17. The number of aryl methyl sites for hydroxylation is 1. The van der Waals surface area contributed by atoms with E-state index in [0.717, 1.165) is 0 Å². The summed E-state index contributed by atoms with van der Waals surface area (Å²) in [5, 5.41) is 0. The lowest BCUT2D eigenvalue weighted by atomic mass is 10.2. The monoisotopic (exact) mass is 221 g/mol. The van der Waals surface area contributed by atoms with Gasteiger partial charge in [0.15, 0.2) is 5.69 Å². The lowest BCUT2D eigenvalue weighted by Crippen LogP contribution is -2.12. The van der Waals surface area contributed by atoms with Crippen LogP contribution >= 0.6 is 0 Å². The van der Waals surface area contributed by atoms with Gasteiger partial charge in [-0.15, -0.1) is 12.3 Å². The molecule has 1 heterocycles. The van der Waals surface area contributed by atoms with Crippen molar-refractivity contribution in [3.63, 3.8) is 0 Å². The van der Waals surface area contributed by atoms with Crippen molar-refractivity contribution in [2.75, 3.05) is 12.8 Å². The standard InChI is InChI=1S/C11H15N3O2/c1-5-6-7(2)14-8(3)13-9(10(14)12)11(15)16-4/h1,7H,6,12H2,2-4H3. The van der Waals surface area contributed by atoms with Crippen LogP contribution in [-0.2, 0) is 4.74 Å². The molecule has 0 amide bonds. The summed E-state index contributed by atoms with van der Waals surface area (Å²) in [5.74, 6) is 2.97. The van der Waals surface area contributed by atoms with Crippen LogP contribution in [0.1, 0.15) is 35.7 Å². The minimum atomic E-state index is -0.535. The van der Waals surface area contributed by atoms with Crippen LogP contribution in [-0.4, -0.2) is 22.6 Å². The first-order chi connectivity index (χ1) is 7.52. The Morgan fingerprint density at radius 1 is 1.75 bits per heavy atom. The van der Waals surface area contributed by atoms with E-state index < -0.39 is 5.97 Å². The van der Waals surface area contributed by atoms with E-state index in [1.165, 1.54) is 7.11 Å². The quantitative estimate of drug-likeness (QED) is 0.614. The molecule has 1 unspecified atom stereocenters. The number of ether oxygens (including phenoxy) is 1. The molecule has 1 rings (SSSR count). The number of carbonyl (C=O) groups is 1. The molecule has 86 valence electrons. The van der Waals surface area contributed by atoms with E-state index in [0.29, 0.717) is 18.1 Å². The van der Waals surface area contributed by atoms with Crippen molar-refractivity contribution >= 4 is 11.8 Å². The number of nitrogen functional groups attached to an aromatic ring is 1. The number of aromatic nitrogens is 2. The van der Waals surface area contributed by atoms with Gasteiger partial charge in [-0.25, -0.2) is 9.78 Å². The lowest BCUT2D eigenvalue weighted by molar-refractivity contribution is 0.0595. The zero-order chi connectivity index (χ0) is 12.3. The fourth-order valence-electron chi connectivity index (χ4n) is 1.63. The molecule has 0 aliphatic carbocycles. The van der Waals surface area contributed by atoms with Crippen LogP contribution in [0.3, 0.4) is 0 Å². The van der Waals surface area contributed by atoms with Gasteiger partial charge in [-0.1, -0.05) is 0 Å². The van der Waals surface area contributed by atoms with E-state index in [4.69, 9.17) is 12.2 Å². The van der Waals surface area contributed by atoms with Crippen molar-refractivity contribution in [1.29, 1.82) is 0 Å². The van der Waals surface area contributed by atoms with Gasteiger partial charge < -0.3 is 15.0 Å². The predicted molar refractivity (Wildman–Crippen MR) is 60.9 cm³/mol. The van der Waals surface area contributed by atoms with E-state index in [1.807, 2.05) is 6.92 Å². The second-order valence-electron chi connectivity index (χ2n) is 3.51. The summed E-state index contributed by atoms with van der Waals surface area (Å²) in [6, 6.07) is 0.0101. The summed E-state index contributed by atoms with van der Waals surface area (Å²) in [7, 11) is 1.29. The SMILES string of the molecule is C#CCC(C)n1c(C)nc(C(=O)OC)c1N. The minimum absolute atomic E-state index is 0.0101. The largest absolute Gasteiger partial charge is 0.464 e. The highest BCUT2D eigenvalue weighted by atomic mass is 16.5. The van der Waals surface area contributed by atoms with Crippen LogP contribution < -0.4 is 5.73 Å². The topological polar surface area (TPSA) is 70.1 Å².